The number of benzene rings is 2. The molecule has 0 fully saturated rings. The van der Waals surface area contributed by atoms with Crippen molar-refractivity contribution in [3.63, 3.8) is 0 Å². The second kappa shape index (κ2) is 8.13. The lowest BCUT2D eigenvalue weighted by Crippen LogP contribution is -2.30. The van der Waals surface area contributed by atoms with E-state index in [4.69, 9.17) is 4.42 Å². The van der Waals surface area contributed by atoms with E-state index in [9.17, 15) is 13.5 Å². The third kappa shape index (κ3) is 3.80. The van der Waals surface area contributed by atoms with Crippen LogP contribution in [0.25, 0.3) is 23.1 Å². The molecule has 1 N–H and O–H groups in total. The Bertz CT molecular complexity index is 1300. The molecule has 0 saturated heterocycles. The quantitative estimate of drug-likeness (QED) is 0.602. The highest BCUT2D eigenvalue weighted by atomic mass is 32.2. The Morgan fingerprint density at radius 2 is 1.84 bits per heavy atom. The van der Waals surface area contributed by atoms with E-state index in [1.54, 1.807) is 32.1 Å². The molecule has 3 aromatic rings. The Kier molecular flexibility index (Phi) is 5.51. The molecule has 1 aliphatic heterocycles. The number of hydrogen-bond acceptors (Lipinski definition) is 6. The van der Waals surface area contributed by atoms with Gasteiger partial charge in [0.2, 0.25) is 15.9 Å². The summed E-state index contributed by atoms with van der Waals surface area (Å²) in [5.41, 5.74) is 4.21. The fourth-order valence-corrected chi connectivity index (χ4v) is 5.10. The Hall–Kier alpha value is -3.23. The largest absolute Gasteiger partial charge is 0.479 e. The van der Waals surface area contributed by atoms with Crippen LogP contribution in [0.4, 0.5) is 5.69 Å². The van der Waals surface area contributed by atoms with Crippen molar-refractivity contribution in [2.75, 3.05) is 13.1 Å². The van der Waals surface area contributed by atoms with Crippen molar-refractivity contribution in [3.05, 3.63) is 59.8 Å². The number of sulfonamides is 1. The highest BCUT2D eigenvalue weighted by Crippen LogP contribution is 2.37. The molecule has 0 bridgehead atoms. The summed E-state index contributed by atoms with van der Waals surface area (Å²) in [5, 5.41) is 10.3. The van der Waals surface area contributed by atoms with Crippen molar-refractivity contribution in [2.24, 2.45) is 4.99 Å². The van der Waals surface area contributed by atoms with Gasteiger partial charge >= 0.3 is 5.95 Å². The number of aromatic hydroxyl groups is 1. The van der Waals surface area contributed by atoms with Crippen molar-refractivity contribution >= 4 is 33.1 Å². The van der Waals surface area contributed by atoms with Crippen LogP contribution >= 0.6 is 0 Å². The van der Waals surface area contributed by atoms with Gasteiger partial charge in [0.25, 0.3) is 0 Å². The van der Waals surface area contributed by atoms with E-state index >= 15 is 0 Å². The summed E-state index contributed by atoms with van der Waals surface area (Å²) in [6.07, 6.45) is 1.73. The molecule has 0 atom stereocenters. The zero-order valence-electron chi connectivity index (χ0n) is 17.5. The molecule has 0 spiro atoms. The summed E-state index contributed by atoms with van der Waals surface area (Å²) in [5.74, 6) is -0.196. The predicted molar refractivity (Wildman–Crippen MR) is 121 cm³/mol. The molecule has 1 aliphatic rings. The minimum absolute atomic E-state index is 0.141. The Labute approximate surface area is 181 Å². The third-order valence-corrected chi connectivity index (χ3v) is 7.26. The minimum atomic E-state index is -3.62. The molecule has 1 aromatic heterocycles. The maximum atomic E-state index is 12.8. The van der Waals surface area contributed by atoms with Gasteiger partial charge in [-0.25, -0.2) is 13.4 Å². The lowest BCUT2D eigenvalue weighted by atomic mass is 10.0. The number of aromatic nitrogens is 1. The van der Waals surface area contributed by atoms with Crippen LogP contribution in [-0.4, -0.2) is 41.6 Å². The first-order chi connectivity index (χ1) is 14.8. The van der Waals surface area contributed by atoms with E-state index < -0.39 is 10.0 Å². The van der Waals surface area contributed by atoms with Crippen LogP contribution in [-0.2, 0) is 10.0 Å². The van der Waals surface area contributed by atoms with Crippen LogP contribution in [0.5, 0.6) is 5.95 Å². The number of para-hydroxylation sites is 1. The van der Waals surface area contributed by atoms with Crippen LogP contribution in [0, 0.1) is 0 Å². The standard InChI is InChI=1S/C23H23N3O4S/c1-4-26(5-2)31(28,29)17-10-8-9-16(13-17)22-25-21(23(27)30-22)14-19-15(3)24-20-12-7-6-11-18(19)20/h6-14,27H,4-5H2,1-3H3/b19-14-. The lowest BCUT2D eigenvalue weighted by Gasteiger charge is -2.18. The number of hydrogen-bond donors (Lipinski definition) is 1. The van der Waals surface area contributed by atoms with Gasteiger partial charge in [-0.3, -0.25) is 4.99 Å². The zero-order valence-corrected chi connectivity index (χ0v) is 18.3. The molecule has 0 unspecified atom stereocenters. The smallest absolute Gasteiger partial charge is 0.310 e. The number of allylic oxidation sites excluding steroid dienone is 1. The number of nitrogens with zero attached hydrogens (tertiary/aromatic N) is 3. The second-order valence-electron chi connectivity index (χ2n) is 7.10. The molecular weight excluding hydrogens is 414 g/mol. The Morgan fingerprint density at radius 3 is 2.58 bits per heavy atom. The highest BCUT2D eigenvalue weighted by molar-refractivity contribution is 7.89. The maximum absolute atomic E-state index is 12.8. The van der Waals surface area contributed by atoms with Gasteiger partial charge in [-0.05, 0) is 37.3 Å². The van der Waals surface area contributed by atoms with Crippen molar-refractivity contribution in [2.45, 2.75) is 25.7 Å². The highest BCUT2D eigenvalue weighted by Gasteiger charge is 2.24. The van der Waals surface area contributed by atoms with Crippen LogP contribution < -0.4 is 0 Å². The molecule has 0 saturated carbocycles. The van der Waals surface area contributed by atoms with Gasteiger partial charge in [-0.15, -0.1) is 0 Å². The Balaban J connectivity index is 1.72. The molecule has 0 aliphatic carbocycles. The molecule has 0 radical (unpaired) electrons. The predicted octanol–water partition coefficient (Wildman–Crippen LogP) is 4.72. The van der Waals surface area contributed by atoms with E-state index in [2.05, 4.69) is 9.98 Å². The van der Waals surface area contributed by atoms with E-state index in [1.165, 1.54) is 16.4 Å². The summed E-state index contributed by atoms with van der Waals surface area (Å²) < 4.78 is 32.5. The topological polar surface area (TPSA) is 96.0 Å². The van der Waals surface area contributed by atoms with Crippen molar-refractivity contribution in [3.8, 4) is 17.4 Å². The second-order valence-corrected chi connectivity index (χ2v) is 9.04. The third-order valence-electron chi connectivity index (χ3n) is 5.21. The summed E-state index contributed by atoms with van der Waals surface area (Å²) in [7, 11) is -3.62. The average molecular weight is 438 g/mol. The zero-order chi connectivity index (χ0) is 22.2. The first-order valence-electron chi connectivity index (χ1n) is 10.0. The summed E-state index contributed by atoms with van der Waals surface area (Å²) in [6.45, 7) is 6.24. The molecule has 0 amide bonds. The van der Waals surface area contributed by atoms with Crippen molar-refractivity contribution < 1.29 is 17.9 Å². The first kappa shape index (κ1) is 21.0. The van der Waals surface area contributed by atoms with Crippen LogP contribution in [0.3, 0.4) is 0 Å². The van der Waals surface area contributed by atoms with E-state index in [-0.39, 0.29) is 22.4 Å². The maximum Gasteiger partial charge on any atom is 0.310 e. The molecule has 2 heterocycles. The normalized spacial score (nSPS) is 14.8. The molecule has 2 aromatic carbocycles. The van der Waals surface area contributed by atoms with E-state index in [0.717, 1.165) is 22.5 Å². The number of fused-ring (bicyclic) bond motifs is 1. The van der Waals surface area contributed by atoms with Gasteiger partial charge in [-0.2, -0.15) is 4.31 Å². The monoisotopic (exact) mass is 437 g/mol. The summed E-state index contributed by atoms with van der Waals surface area (Å²) in [4.78, 5) is 9.09. The number of oxazole rings is 1. The lowest BCUT2D eigenvalue weighted by molar-refractivity contribution is 0.336. The van der Waals surface area contributed by atoms with Crippen LogP contribution in [0.1, 0.15) is 32.0 Å². The van der Waals surface area contributed by atoms with Gasteiger partial charge in [-0.1, -0.05) is 38.1 Å². The van der Waals surface area contributed by atoms with E-state index in [1.807, 2.05) is 31.2 Å². The fourth-order valence-electron chi connectivity index (χ4n) is 3.60. The summed E-state index contributed by atoms with van der Waals surface area (Å²) >= 11 is 0. The van der Waals surface area contributed by atoms with Crippen molar-refractivity contribution in [1.82, 2.24) is 9.29 Å². The molecule has 8 heteroatoms. The van der Waals surface area contributed by atoms with Crippen LogP contribution in [0.2, 0.25) is 0 Å². The Morgan fingerprint density at radius 1 is 1.10 bits per heavy atom. The van der Waals surface area contributed by atoms with Gasteiger partial charge in [0.15, 0.2) is 0 Å². The first-order valence-corrected chi connectivity index (χ1v) is 11.5. The van der Waals surface area contributed by atoms with Gasteiger partial charge < -0.3 is 9.52 Å². The number of rotatable bonds is 6. The SMILES string of the molecule is CCN(CC)S(=O)(=O)c1cccc(-c2nc(/C=C3/C(C)=Nc4ccccc43)c(O)o2)c1. The van der Waals surface area contributed by atoms with Gasteiger partial charge in [0, 0.05) is 35.5 Å². The average Bonchev–Trinajstić information content (AvgIpc) is 3.29. The van der Waals surface area contributed by atoms with Gasteiger partial charge in [0.1, 0.15) is 5.69 Å². The number of aliphatic imine (C=N–C) groups is 1. The molecule has 4 rings (SSSR count). The van der Waals surface area contributed by atoms with Gasteiger partial charge in [0.05, 0.1) is 10.6 Å². The molecule has 7 nitrogen and oxygen atoms in total. The fraction of sp³-hybridized carbons (Fsp3) is 0.217. The van der Waals surface area contributed by atoms with Crippen molar-refractivity contribution in [1.29, 1.82) is 0 Å². The molecule has 160 valence electrons. The summed E-state index contributed by atoms with van der Waals surface area (Å²) in [6, 6.07) is 14.1. The van der Waals surface area contributed by atoms with E-state index in [0.29, 0.717) is 18.7 Å². The molecular formula is C23H23N3O4S. The van der Waals surface area contributed by atoms with Crippen LogP contribution in [0.15, 0.2) is 62.8 Å². The molecule has 31 heavy (non-hydrogen) atoms. The minimum Gasteiger partial charge on any atom is -0.479 e.